The Bertz CT molecular complexity index is 3030. The van der Waals surface area contributed by atoms with Crippen molar-refractivity contribution in [2.24, 2.45) is 0 Å². The van der Waals surface area contributed by atoms with E-state index in [0.717, 1.165) is 61.5 Å². The number of thiophene rings is 1. The molecule has 4 nitrogen and oxygen atoms in total. The fourth-order valence-corrected chi connectivity index (χ4v) is 10.2. The molecule has 7 aromatic carbocycles. The second kappa shape index (κ2) is 9.96. The highest BCUT2D eigenvalue weighted by molar-refractivity contribution is 7.26. The van der Waals surface area contributed by atoms with E-state index in [-0.39, 0.29) is 0 Å². The Morgan fingerprint density at radius 2 is 1.25 bits per heavy atom. The van der Waals surface area contributed by atoms with Crippen LogP contribution in [0, 0.1) is 22.7 Å². The zero-order valence-corrected chi connectivity index (χ0v) is 28.2. The Morgan fingerprint density at radius 1 is 0.569 bits per heavy atom. The molecule has 0 fully saturated rings. The molecule has 2 aliphatic rings. The highest BCUT2D eigenvalue weighted by Crippen LogP contribution is 2.62. The van der Waals surface area contributed by atoms with Crippen molar-refractivity contribution in [2.75, 3.05) is 7.11 Å². The van der Waals surface area contributed by atoms with Crippen molar-refractivity contribution in [3.05, 3.63) is 167 Å². The molecule has 0 bridgehead atoms. The van der Waals surface area contributed by atoms with Gasteiger partial charge in [0.25, 0.3) is 0 Å². The third-order valence-corrected chi connectivity index (χ3v) is 12.3. The lowest BCUT2D eigenvalue weighted by Gasteiger charge is -2.40. The number of aromatic nitrogens is 1. The molecule has 0 amide bonds. The fraction of sp³-hybridized carbons (Fsp3) is 0.0435. The van der Waals surface area contributed by atoms with Gasteiger partial charge in [0.1, 0.15) is 5.75 Å². The van der Waals surface area contributed by atoms with Crippen molar-refractivity contribution in [3.8, 4) is 45.8 Å². The molecular formula is C46H25N3OS. The van der Waals surface area contributed by atoms with Crippen LogP contribution in [0.5, 0.6) is 5.75 Å². The average Bonchev–Trinajstić information content (AvgIpc) is 3.83. The van der Waals surface area contributed by atoms with Gasteiger partial charge in [-0.05, 0) is 99.1 Å². The molecule has 236 valence electrons. The van der Waals surface area contributed by atoms with Gasteiger partial charge in [-0.1, -0.05) is 78.9 Å². The third-order valence-electron chi connectivity index (χ3n) is 11.2. The highest BCUT2D eigenvalue weighted by Gasteiger charge is 2.51. The monoisotopic (exact) mass is 667 g/mol. The molecule has 1 aliphatic carbocycles. The van der Waals surface area contributed by atoms with Gasteiger partial charge in [0.15, 0.2) is 0 Å². The molecule has 9 aromatic rings. The van der Waals surface area contributed by atoms with Crippen LogP contribution in [0.3, 0.4) is 0 Å². The summed E-state index contributed by atoms with van der Waals surface area (Å²) in [5.41, 5.74) is 12.7. The maximum atomic E-state index is 10.2. The Labute approximate surface area is 297 Å². The number of para-hydroxylation sites is 1. The Balaban J connectivity index is 1.38. The van der Waals surface area contributed by atoms with Gasteiger partial charge in [-0.25, -0.2) is 0 Å². The minimum atomic E-state index is -0.766. The van der Waals surface area contributed by atoms with Crippen LogP contribution in [0.15, 0.2) is 133 Å². The number of hydrogen-bond donors (Lipinski definition) is 0. The average molecular weight is 668 g/mol. The van der Waals surface area contributed by atoms with Gasteiger partial charge in [0.2, 0.25) is 0 Å². The van der Waals surface area contributed by atoms with Crippen molar-refractivity contribution in [1.29, 1.82) is 10.5 Å². The summed E-state index contributed by atoms with van der Waals surface area (Å²) in [7, 11) is 1.69. The quantitative estimate of drug-likeness (QED) is 0.184. The van der Waals surface area contributed by atoms with Crippen LogP contribution in [-0.4, -0.2) is 11.7 Å². The summed E-state index contributed by atoms with van der Waals surface area (Å²) < 4.78 is 10.5. The first-order valence-electron chi connectivity index (χ1n) is 16.9. The van der Waals surface area contributed by atoms with Gasteiger partial charge in [0, 0.05) is 30.9 Å². The zero-order valence-electron chi connectivity index (χ0n) is 27.4. The molecule has 0 N–H and O–H groups in total. The number of hydrogen-bond acceptors (Lipinski definition) is 4. The first kappa shape index (κ1) is 28.2. The van der Waals surface area contributed by atoms with E-state index in [0.29, 0.717) is 11.1 Å². The van der Waals surface area contributed by atoms with Gasteiger partial charge in [-0.3, -0.25) is 0 Å². The summed E-state index contributed by atoms with van der Waals surface area (Å²) in [6.45, 7) is 0. The van der Waals surface area contributed by atoms with E-state index in [1.807, 2.05) is 35.6 Å². The number of nitriles is 2. The van der Waals surface area contributed by atoms with E-state index in [9.17, 15) is 10.5 Å². The normalized spacial score (nSPS) is 13.3. The van der Waals surface area contributed by atoms with Gasteiger partial charge in [0.05, 0.1) is 52.5 Å². The minimum absolute atomic E-state index is 0.614. The molecule has 11 rings (SSSR count). The lowest BCUT2D eigenvalue weighted by atomic mass is 9.65. The van der Waals surface area contributed by atoms with Crippen LogP contribution in [0.2, 0.25) is 0 Å². The lowest BCUT2D eigenvalue weighted by Crippen LogP contribution is -2.33. The molecule has 2 aromatic heterocycles. The van der Waals surface area contributed by atoms with Gasteiger partial charge in [-0.2, -0.15) is 10.5 Å². The fourth-order valence-electron chi connectivity index (χ4n) is 9.09. The molecular weight excluding hydrogens is 643 g/mol. The summed E-state index contributed by atoms with van der Waals surface area (Å²) in [5, 5.41) is 25.3. The number of benzene rings is 7. The zero-order chi connectivity index (χ0) is 34.0. The number of methoxy groups -OCH3 is 1. The number of ether oxygens (including phenoxy) is 1. The van der Waals surface area contributed by atoms with Crippen LogP contribution in [0.25, 0.3) is 69.9 Å². The Morgan fingerprint density at radius 3 is 1.98 bits per heavy atom. The van der Waals surface area contributed by atoms with Crippen LogP contribution < -0.4 is 4.74 Å². The van der Waals surface area contributed by atoms with E-state index in [1.54, 1.807) is 7.11 Å². The van der Waals surface area contributed by atoms with Gasteiger partial charge < -0.3 is 9.30 Å². The summed E-state index contributed by atoms with van der Waals surface area (Å²) in [6.07, 6.45) is 0. The summed E-state index contributed by atoms with van der Waals surface area (Å²) in [6, 6.07) is 52.0. The van der Waals surface area contributed by atoms with Gasteiger partial charge >= 0.3 is 0 Å². The highest BCUT2D eigenvalue weighted by atomic mass is 32.1. The predicted molar refractivity (Wildman–Crippen MR) is 206 cm³/mol. The van der Waals surface area contributed by atoms with E-state index in [2.05, 4.69) is 126 Å². The van der Waals surface area contributed by atoms with E-state index in [1.165, 1.54) is 36.5 Å². The smallest absolute Gasteiger partial charge is 0.118 e. The summed E-state index contributed by atoms with van der Waals surface area (Å²) in [5.74, 6) is 0.815. The maximum Gasteiger partial charge on any atom is 0.118 e. The van der Waals surface area contributed by atoms with Crippen LogP contribution >= 0.6 is 11.3 Å². The van der Waals surface area contributed by atoms with E-state index < -0.39 is 5.41 Å². The molecule has 1 spiro atoms. The Hall–Kier alpha value is -6.66. The second-order valence-electron chi connectivity index (χ2n) is 13.4. The SMILES string of the molecule is COc1ccc(-c2ccc3c(c2)-n2c4c(cccc4c4ccc5sc6ccccc6c5c42)C32c3cc(C#N)ccc3-c3ccc(C#N)cc32)cc1. The molecule has 5 heteroatoms. The van der Waals surface area contributed by atoms with Crippen molar-refractivity contribution < 1.29 is 4.74 Å². The van der Waals surface area contributed by atoms with Crippen molar-refractivity contribution in [1.82, 2.24) is 4.57 Å². The van der Waals surface area contributed by atoms with Crippen LogP contribution in [-0.2, 0) is 5.41 Å². The van der Waals surface area contributed by atoms with E-state index >= 15 is 0 Å². The van der Waals surface area contributed by atoms with Gasteiger partial charge in [-0.15, -0.1) is 11.3 Å². The minimum Gasteiger partial charge on any atom is -0.497 e. The largest absolute Gasteiger partial charge is 0.497 e. The van der Waals surface area contributed by atoms with Crippen LogP contribution in [0.4, 0.5) is 0 Å². The second-order valence-corrected chi connectivity index (χ2v) is 14.5. The molecule has 0 radical (unpaired) electrons. The molecule has 51 heavy (non-hydrogen) atoms. The van der Waals surface area contributed by atoms with Crippen molar-refractivity contribution in [3.63, 3.8) is 0 Å². The third kappa shape index (κ3) is 3.46. The van der Waals surface area contributed by atoms with Crippen molar-refractivity contribution >= 4 is 53.3 Å². The number of nitrogens with zero attached hydrogens (tertiary/aromatic N) is 3. The predicted octanol–water partition coefficient (Wildman–Crippen LogP) is 11.2. The van der Waals surface area contributed by atoms with Crippen molar-refractivity contribution in [2.45, 2.75) is 5.41 Å². The lowest BCUT2D eigenvalue weighted by molar-refractivity contribution is 0.415. The standard InChI is InChI=1S/C46H25N3OS/c1-50-30-14-11-28(12-15-30)29-13-19-36-40(23-29)49-44-33(34-18-20-42-43(45(34)49)35-5-2-3-8-41(35)51-42)6-4-7-37(44)46(36)38-21-26(24-47)9-16-31(38)32-17-10-27(25-48)22-39(32)46/h2-23H,1H3. The molecule has 0 saturated heterocycles. The first-order chi connectivity index (χ1) is 25.1. The molecule has 0 atom stereocenters. The van der Waals surface area contributed by atoms with Crippen LogP contribution in [0.1, 0.15) is 33.4 Å². The number of rotatable bonds is 2. The maximum absolute atomic E-state index is 10.2. The van der Waals surface area contributed by atoms with E-state index in [4.69, 9.17) is 4.74 Å². The molecule has 1 aliphatic heterocycles. The summed E-state index contributed by atoms with van der Waals surface area (Å²) in [4.78, 5) is 0. The topological polar surface area (TPSA) is 61.7 Å². The number of fused-ring (bicyclic) bond motifs is 16. The Kier molecular flexibility index (Phi) is 5.51. The first-order valence-corrected chi connectivity index (χ1v) is 17.7. The molecule has 3 heterocycles. The summed E-state index contributed by atoms with van der Waals surface area (Å²) >= 11 is 1.83. The molecule has 0 unspecified atom stereocenters. The molecule has 0 saturated carbocycles.